The van der Waals surface area contributed by atoms with Gasteiger partial charge in [0.15, 0.2) is 0 Å². The number of carboxylic acid groups (broad SMARTS) is 1. The minimum atomic E-state index is -0.963. The molecule has 4 aromatic rings. The van der Waals surface area contributed by atoms with Crippen LogP contribution in [0.3, 0.4) is 0 Å². The third-order valence-electron chi connectivity index (χ3n) is 8.68. The Balaban J connectivity index is 1.36. The highest BCUT2D eigenvalue weighted by Gasteiger charge is 2.31. The summed E-state index contributed by atoms with van der Waals surface area (Å²) in [6.07, 6.45) is 1.95. The van der Waals surface area contributed by atoms with Crippen LogP contribution < -0.4 is 10.1 Å². The van der Waals surface area contributed by atoms with Crippen molar-refractivity contribution in [2.45, 2.75) is 45.4 Å². The molecule has 3 atom stereocenters. The number of likely N-dealkylation sites (N-methyl/N-ethyl adjacent to an activating group) is 1. The first kappa shape index (κ1) is 32.7. The summed E-state index contributed by atoms with van der Waals surface area (Å²) in [4.78, 5) is 41.8. The zero-order valence-electron chi connectivity index (χ0n) is 26.8. The quantitative estimate of drug-likeness (QED) is 0.239. The SMILES string of the molecule is C[C@@H]1CN([C@H](C)CO)C(=O)Cc2cc(NC(=O)Cc3cn(C)c4ccccc34)ccc2O[C@H]1CN(C)Cc1ccc(C(=O)O)cc1. The largest absolute Gasteiger partial charge is 0.488 e. The smallest absolute Gasteiger partial charge is 0.335 e. The van der Waals surface area contributed by atoms with Gasteiger partial charge in [-0.05, 0) is 61.5 Å². The van der Waals surface area contributed by atoms with Gasteiger partial charge in [0.2, 0.25) is 11.8 Å². The maximum absolute atomic E-state index is 13.6. The van der Waals surface area contributed by atoms with Crippen LogP contribution in [0.25, 0.3) is 10.9 Å². The van der Waals surface area contributed by atoms with Crippen molar-refractivity contribution in [3.63, 3.8) is 0 Å². The van der Waals surface area contributed by atoms with Gasteiger partial charge in [-0.25, -0.2) is 4.79 Å². The predicted octanol–water partition coefficient (Wildman–Crippen LogP) is 4.34. The van der Waals surface area contributed by atoms with Crippen molar-refractivity contribution in [1.29, 1.82) is 0 Å². The minimum Gasteiger partial charge on any atom is -0.488 e. The average molecular weight is 627 g/mol. The van der Waals surface area contributed by atoms with E-state index in [1.54, 1.807) is 29.2 Å². The van der Waals surface area contributed by atoms with Crippen molar-refractivity contribution in [3.05, 3.63) is 95.2 Å². The molecule has 1 aliphatic heterocycles. The number of rotatable bonds is 10. The summed E-state index contributed by atoms with van der Waals surface area (Å²) in [5, 5.41) is 23.2. The number of aromatic nitrogens is 1. The highest BCUT2D eigenvalue weighted by atomic mass is 16.5. The molecule has 1 aliphatic rings. The van der Waals surface area contributed by atoms with Gasteiger partial charge in [0, 0.05) is 61.0 Å². The van der Waals surface area contributed by atoms with Crippen LogP contribution >= 0.6 is 0 Å². The van der Waals surface area contributed by atoms with Crippen LogP contribution in [0.5, 0.6) is 5.75 Å². The molecule has 2 amide bonds. The molecule has 1 aromatic heterocycles. The number of aromatic carboxylic acids is 1. The predicted molar refractivity (Wildman–Crippen MR) is 177 cm³/mol. The van der Waals surface area contributed by atoms with Gasteiger partial charge in [-0.2, -0.15) is 0 Å². The number of carboxylic acids is 1. The number of benzene rings is 3. The second-order valence-electron chi connectivity index (χ2n) is 12.4. The molecular formula is C36H42N4O6. The number of aryl methyl sites for hydroxylation is 1. The molecule has 0 fully saturated rings. The first-order chi connectivity index (χ1) is 22.0. The number of nitrogens with one attached hydrogen (secondary N) is 1. The Hall–Kier alpha value is -4.67. The van der Waals surface area contributed by atoms with Crippen molar-refractivity contribution >= 4 is 34.4 Å². The fourth-order valence-electron chi connectivity index (χ4n) is 6.11. The normalized spacial score (nSPS) is 17.5. The molecule has 0 saturated carbocycles. The Morgan fingerprint density at radius 3 is 2.57 bits per heavy atom. The fourth-order valence-corrected chi connectivity index (χ4v) is 6.11. The van der Waals surface area contributed by atoms with Gasteiger partial charge >= 0.3 is 5.97 Å². The Bertz CT molecular complexity index is 1720. The van der Waals surface area contributed by atoms with Crippen LogP contribution in [0.4, 0.5) is 5.69 Å². The number of fused-ring (bicyclic) bond motifs is 2. The molecule has 46 heavy (non-hydrogen) atoms. The number of anilines is 1. The number of ether oxygens (including phenoxy) is 1. The Morgan fingerprint density at radius 1 is 1.11 bits per heavy atom. The second-order valence-corrected chi connectivity index (χ2v) is 12.4. The Kier molecular flexibility index (Phi) is 10.1. The molecule has 0 spiro atoms. The zero-order valence-corrected chi connectivity index (χ0v) is 26.8. The number of carbonyl (C=O) groups is 3. The molecule has 2 heterocycles. The summed E-state index contributed by atoms with van der Waals surface area (Å²) in [7, 11) is 3.94. The molecule has 10 nitrogen and oxygen atoms in total. The highest BCUT2D eigenvalue weighted by molar-refractivity contribution is 5.96. The first-order valence-corrected chi connectivity index (χ1v) is 15.6. The van der Waals surface area contributed by atoms with E-state index >= 15 is 0 Å². The summed E-state index contributed by atoms with van der Waals surface area (Å²) in [5.41, 5.74) is 4.44. The number of nitrogens with zero attached hydrogens (tertiary/aromatic N) is 3. The van der Waals surface area contributed by atoms with Crippen molar-refractivity contribution < 1.29 is 29.3 Å². The number of para-hydroxylation sites is 1. The van der Waals surface area contributed by atoms with E-state index in [9.17, 15) is 24.6 Å². The van der Waals surface area contributed by atoms with Gasteiger partial charge in [-0.1, -0.05) is 37.3 Å². The van der Waals surface area contributed by atoms with Crippen molar-refractivity contribution in [3.8, 4) is 5.75 Å². The second kappa shape index (κ2) is 14.2. The van der Waals surface area contributed by atoms with Crippen molar-refractivity contribution in [2.75, 3.05) is 32.1 Å². The monoisotopic (exact) mass is 626 g/mol. The van der Waals surface area contributed by atoms with E-state index in [0.29, 0.717) is 36.6 Å². The number of hydrogen-bond donors (Lipinski definition) is 3. The topological polar surface area (TPSA) is 124 Å². The lowest BCUT2D eigenvalue weighted by atomic mass is 10.0. The molecular weight excluding hydrogens is 584 g/mol. The van der Waals surface area contributed by atoms with Crippen LogP contribution in [0.1, 0.15) is 40.9 Å². The number of hydrogen-bond acceptors (Lipinski definition) is 6. The standard InChI is InChI=1S/C36H42N4O6/c1-23-18-40(24(2)22-41)35(43)17-27-15-29(37-34(42)16-28-20-39(4)31-8-6-5-7-30(28)31)13-14-32(27)46-33(23)21-38(3)19-25-9-11-26(12-10-25)36(44)45/h5-15,20,23-24,33,41H,16-19,21-22H2,1-4H3,(H,37,42)(H,44,45)/t23-,24-,33+/m1/s1. The highest BCUT2D eigenvalue weighted by Crippen LogP contribution is 2.30. The van der Waals surface area contributed by atoms with E-state index in [4.69, 9.17) is 4.74 Å². The number of carbonyl (C=O) groups excluding carboxylic acids is 2. The van der Waals surface area contributed by atoms with Crippen LogP contribution in [-0.4, -0.2) is 81.3 Å². The van der Waals surface area contributed by atoms with Gasteiger partial charge < -0.3 is 29.7 Å². The minimum absolute atomic E-state index is 0.0674. The van der Waals surface area contributed by atoms with Crippen LogP contribution in [-0.2, 0) is 36.0 Å². The molecule has 0 unspecified atom stereocenters. The summed E-state index contributed by atoms with van der Waals surface area (Å²) < 4.78 is 8.64. The van der Waals surface area contributed by atoms with Crippen molar-refractivity contribution in [1.82, 2.24) is 14.4 Å². The molecule has 3 aromatic carbocycles. The summed E-state index contributed by atoms with van der Waals surface area (Å²) in [5.74, 6) is -0.734. The Morgan fingerprint density at radius 2 is 1.85 bits per heavy atom. The van der Waals surface area contributed by atoms with E-state index in [1.165, 1.54) is 0 Å². The van der Waals surface area contributed by atoms with Crippen LogP contribution in [0, 0.1) is 5.92 Å². The Labute approximate surface area is 269 Å². The summed E-state index contributed by atoms with van der Waals surface area (Å²) in [6, 6.07) is 19.8. The van der Waals surface area contributed by atoms with Gasteiger partial charge in [0.05, 0.1) is 31.1 Å². The fraction of sp³-hybridized carbons (Fsp3) is 0.361. The maximum atomic E-state index is 13.6. The number of aliphatic hydroxyl groups is 1. The van der Waals surface area contributed by atoms with E-state index in [2.05, 4.69) is 10.2 Å². The lowest BCUT2D eigenvalue weighted by molar-refractivity contribution is -0.134. The number of amides is 2. The van der Waals surface area contributed by atoms with Gasteiger partial charge in [0.25, 0.3) is 0 Å². The van der Waals surface area contributed by atoms with Gasteiger partial charge in [-0.15, -0.1) is 0 Å². The molecule has 5 rings (SSSR count). The van der Waals surface area contributed by atoms with Gasteiger partial charge in [0.1, 0.15) is 11.9 Å². The van der Waals surface area contributed by atoms with Gasteiger partial charge in [-0.3, -0.25) is 14.5 Å². The molecule has 0 bridgehead atoms. The van der Waals surface area contributed by atoms with E-state index in [1.807, 2.05) is 81.2 Å². The third kappa shape index (κ3) is 7.58. The molecule has 3 N–H and O–H groups in total. The molecule has 0 aliphatic carbocycles. The van der Waals surface area contributed by atoms with E-state index < -0.39 is 5.97 Å². The van der Waals surface area contributed by atoms with E-state index in [0.717, 1.165) is 22.0 Å². The molecule has 0 saturated heterocycles. The summed E-state index contributed by atoms with van der Waals surface area (Å²) >= 11 is 0. The third-order valence-corrected chi connectivity index (χ3v) is 8.68. The van der Waals surface area contributed by atoms with Crippen LogP contribution in [0.15, 0.2) is 72.9 Å². The molecule has 0 radical (unpaired) electrons. The first-order valence-electron chi connectivity index (χ1n) is 15.6. The maximum Gasteiger partial charge on any atom is 0.335 e. The average Bonchev–Trinajstić information content (AvgIpc) is 3.36. The van der Waals surface area contributed by atoms with Crippen molar-refractivity contribution in [2.24, 2.45) is 13.0 Å². The lowest BCUT2D eigenvalue weighted by Crippen LogP contribution is -2.47. The zero-order chi connectivity index (χ0) is 33.0. The molecule has 242 valence electrons. The lowest BCUT2D eigenvalue weighted by Gasteiger charge is -2.34. The summed E-state index contributed by atoms with van der Waals surface area (Å²) in [6.45, 7) is 5.24. The van der Waals surface area contributed by atoms with Crippen LogP contribution in [0.2, 0.25) is 0 Å². The molecule has 10 heteroatoms. The van der Waals surface area contributed by atoms with E-state index in [-0.39, 0.29) is 54.9 Å². The number of aliphatic hydroxyl groups excluding tert-OH is 1.